The monoisotopic (exact) mass is 624 g/mol. The van der Waals surface area contributed by atoms with Crippen molar-refractivity contribution in [1.29, 1.82) is 0 Å². The number of hydrogen-bond donors (Lipinski definition) is 0. The fraction of sp³-hybridized carbons (Fsp3) is 0.387. The zero-order chi connectivity index (χ0) is 27.8. The molecule has 212 valence electrons. The maximum Gasteiger partial charge on any atom is 1.00 e. The summed E-state index contributed by atoms with van der Waals surface area (Å²) < 4.78 is 21.8. The van der Waals surface area contributed by atoms with E-state index in [-0.39, 0.29) is 117 Å². The molecule has 0 radical (unpaired) electrons. The van der Waals surface area contributed by atoms with Gasteiger partial charge in [-0.05, 0) is 47.9 Å². The predicted octanol–water partition coefficient (Wildman–Crippen LogP) is 0.248. The Hall–Kier alpha value is -0.997. The number of para-hydroxylation sites is 2. The number of carbonyl (C=O) groups excluding carboxylic acids is 3. The van der Waals surface area contributed by atoms with E-state index < -0.39 is 18.3 Å². The van der Waals surface area contributed by atoms with Crippen LogP contribution in [0.15, 0.2) is 48.6 Å². The van der Waals surface area contributed by atoms with E-state index in [0.717, 1.165) is 59.4 Å². The summed E-state index contributed by atoms with van der Waals surface area (Å²) in [5.41, 5.74) is 4.94. The summed E-state index contributed by atoms with van der Waals surface area (Å²) in [5.74, 6) is 1.80. The first-order chi connectivity index (χ1) is 19.4. The van der Waals surface area contributed by atoms with Gasteiger partial charge in [0.05, 0.1) is 24.6 Å². The van der Waals surface area contributed by atoms with Crippen LogP contribution in [0.3, 0.4) is 0 Å². The van der Waals surface area contributed by atoms with Gasteiger partial charge in [0.25, 0.3) is 0 Å². The van der Waals surface area contributed by atoms with E-state index in [4.69, 9.17) is 18.9 Å². The number of rotatable bonds is 2. The molecule has 0 aromatic heterocycles. The molecular formula is C31H34K2N2O7. The van der Waals surface area contributed by atoms with Crippen molar-refractivity contribution in [3.05, 3.63) is 70.8 Å². The molecule has 4 aliphatic rings. The van der Waals surface area contributed by atoms with Gasteiger partial charge in [0.15, 0.2) is 0 Å². The molecule has 2 amide bonds. The van der Waals surface area contributed by atoms with Gasteiger partial charge in [-0.15, -0.1) is 0 Å². The molecule has 0 aliphatic carbocycles. The molecule has 11 heteroatoms. The summed E-state index contributed by atoms with van der Waals surface area (Å²) in [5, 5.41) is 0. The van der Waals surface area contributed by atoms with Crippen LogP contribution in [0.5, 0.6) is 11.5 Å². The van der Waals surface area contributed by atoms with Gasteiger partial charge in [-0.1, -0.05) is 50.3 Å². The van der Waals surface area contributed by atoms with Crippen molar-refractivity contribution in [3.8, 4) is 11.5 Å². The smallest absolute Gasteiger partial charge is 1.00 e. The van der Waals surface area contributed by atoms with Crippen molar-refractivity contribution >= 4 is 29.7 Å². The van der Waals surface area contributed by atoms with Crippen molar-refractivity contribution < 1.29 is 139 Å². The van der Waals surface area contributed by atoms with Crippen molar-refractivity contribution in [1.82, 2.24) is 9.80 Å². The van der Waals surface area contributed by atoms with Crippen LogP contribution >= 0.6 is 0 Å². The quantitative estimate of drug-likeness (QED) is 0.269. The van der Waals surface area contributed by atoms with Crippen LogP contribution in [0.1, 0.15) is 51.8 Å². The number of ether oxygens (including phenoxy) is 4. The van der Waals surface area contributed by atoms with Gasteiger partial charge in [0.1, 0.15) is 11.5 Å². The van der Waals surface area contributed by atoms with E-state index in [9.17, 15) is 14.4 Å². The third kappa shape index (κ3) is 7.11. The molecule has 2 aromatic rings. The largest absolute Gasteiger partial charge is 1.00 e. The van der Waals surface area contributed by atoms with E-state index in [0.29, 0.717) is 37.7 Å². The maximum atomic E-state index is 13.2. The van der Waals surface area contributed by atoms with Gasteiger partial charge in [-0.2, -0.15) is 0 Å². The zero-order valence-electron chi connectivity index (χ0n) is 26.7. The van der Waals surface area contributed by atoms with Gasteiger partial charge in [-0.3, -0.25) is 9.80 Å². The normalized spacial score (nSPS) is 20.3. The van der Waals surface area contributed by atoms with E-state index >= 15 is 0 Å². The maximum absolute atomic E-state index is 13.2. The Balaban J connectivity index is 0.00000169. The van der Waals surface area contributed by atoms with E-state index in [1.165, 1.54) is 9.80 Å². The Kier molecular flexibility index (Phi) is 12.0. The first-order valence-electron chi connectivity index (χ1n) is 13.8. The van der Waals surface area contributed by atoms with Gasteiger partial charge in [0.2, 0.25) is 0 Å². The Labute approximate surface area is 333 Å². The van der Waals surface area contributed by atoms with Crippen LogP contribution in [0.4, 0.5) is 14.4 Å². The molecule has 2 atom stereocenters. The van der Waals surface area contributed by atoms with E-state index in [2.05, 4.69) is 0 Å². The molecule has 0 saturated heterocycles. The summed E-state index contributed by atoms with van der Waals surface area (Å²) in [7, 11) is 0. The molecule has 0 bridgehead atoms. The van der Waals surface area contributed by atoms with Gasteiger partial charge < -0.3 is 21.8 Å². The summed E-state index contributed by atoms with van der Waals surface area (Å²) in [6.45, 7) is 5.89. The topological polar surface area (TPSA) is 94.6 Å². The van der Waals surface area contributed by atoms with Crippen molar-refractivity contribution in [3.63, 3.8) is 0 Å². The Morgan fingerprint density at radius 3 is 1.60 bits per heavy atom. The number of allylic oxidation sites excluding steroid dienone is 2. The van der Waals surface area contributed by atoms with Crippen LogP contribution in [-0.2, 0) is 22.3 Å². The second kappa shape index (κ2) is 14.9. The third-order valence-corrected chi connectivity index (χ3v) is 7.76. The average molecular weight is 625 g/mol. The average Bonchev–Trinajstić information content (AvgIpc) is 3.62. The molecule has 0 fully saturated rings. The first-order valence-corrected chi connectivity index (χ1v) is 13.8. The van der Waals surface area contributed by atoms with Crippen LogP contribution < -0.4 is 112 Å². The van der Waals surface area contributed by atoms with Gasteiger partial charge >= 0.3 is 121 Å². The number of benzene rings is 2. The van der Waals surface area contributed by atoms with Crippen molar-refractivity contribution in [2.75, 3.05) is 26.3 Å². The Morgan fingerprint density at radius 1 is 0.738 bits per heavy atom. The van der Waals surface area contributed by atoms with Crippen molar-refractivity contribution in [2.45, 2.75) is 39.5 Å². The minimum atomic E-state index is -1.37. The number of fused-ring (bicyclic) bond motifs is 2. The summed E-state index contributed by atoms with van der Waals surface area (Å²) in [6, 6.07) is 11.6. The molecule has 0 saturated carbocycles. The van der Waals surface area contributed by atoms with Crippen LogP contribution in [0.2, 0.25) is 0 Å². The fourth-order valence-electron chi connectivity index (χ4n) is 5.78. The molecular weight excluding hydrogens is 591 g/mol. The standard InChI is InChI=1S/C31H32N2O7.2K.2H/c1-19-9-11-25(23-7-3-5-21-13-15-37-27(21)23)32(17-19)29(34)39-31(36)40-30(35)33-18-20(2)10-12-26(33)24-8-4-6-22-14-16-38-28(22)24;;;;/h3-8,11-12,19-20H,9-10,13-18H2,1-2H3;;;;/q;2*+1;2*-1/t19-,20-;;;;/m0..../s1. The molecule has 2 aromatic carbocycles. The van der Waals surface area contributed by atoms with Crippen LogP contribution in [-0.4, -0.2) is 54.4 Å². The first kappa shape index (κ1) is 33.9. The predicted molar refractivity (Wildman–Crippen MR) is 149 cm³/mol. The molecule has 6 rings (SSSR count). The van der Waals surface area contributed by atoms with E-state index in [1.807, 2.05) is 62.4 Å². The van der Waals surface area contributed by atoms with E-state index in [1.54, 1.807) is 0 Å². The summed E-state index contributed by atoms with van der Waals surface area (Å²) in [4.78, 5) is 42.0. The van der Waals surface area contributed by atoms with Crippen LogP contribution in [0.25, 0.3) is 11.4 Å². The summed E-state index contributed by atoms with van der Waals surface area (Å²) in [6.07, 6.45) is 3.87. The van der Waals surface area contributed by atoms with Crippen LogP contribution in [0, 0.1) is 11.8 Å². The van der Waals surface area contributed by atoms with Gasteiger partial charge in [-0.25, -0.2) is 14.4 Å². The number of amides is 2. The SMILES string of the molecule is C[C@H]1CC=C(c2cccc3c2OCC3)N(C(=O)OC(=O)OC(=O)N2C[C@@H](C)CC=C2c2cccc3c2OCC3)C1.[H-].[H-].[K+].[K+]. The zero-order valence-corrected chi connectivity index (χ0v) is 30.9. The summed E-state index contributed by atoms with van der Waals surface area (Å²) >= 11 is 0. The fourth-order valence-corrected chi connectivity index (χ4v) is 5.78. The molecule has 4 aliphatic heterocycles. The molecule has 4 heterocycles. The minimum Gasteiger partial charge on any atom is -1.00 e. The molecule has 0 N–H and O–H groups in total. The molecule has 9 nitrogen and oxygen atoms in total. The number of carbonyl (C=O) groups is 3. The molecule has 0 spiro atoms. The minimum absolute atomic E-state index is 0. The number of nitrogens with zero attached hydrogens (tertiary/aromatic N) is 2. The second-order valence-corrected chi connectivity index (χ2v) is 10.9. The van der Waals surface area contributed by atoms with Crippen molar-refractivity contribution in [2.24, 2.45) is 11.8 Å². The second-order valence-electron chi connectivity index (χ2n) is 10.9. The van der Waals surface area contributed by atoms with Gasteiger partial charge in [0, 0.05) is 37.1 Å². The third-order valence-electron chi connectivity index (χ3n) is 7.76. The molecule has 42 heavy (non-hydrogen) atoms. The molecule has 0 unspecified atom stereocenters. The Morgan fingerprint density at radius 2 is 1.17 bits per heavy atom. The Bertz CT molecular complexity index is 1350. The number of hydrogen-bond acceptors (Lipinski definition) is 7.